The monoisotopic (exact) mass is 245 g/mol. The Bertz CT molecular complexity index is 464. The van der Waals surface area contributed by atoms with Gasteiger partial charge in [-0.2, -0.15) is 0 Å². The summed E-state index contributed by atoms with van der Waals surface area (Å²) in [5, 5.41) is 4.64. The molecular weight excluding hydrogens is 237 g/mol. The van der Waals surface area contributed by atoms with Crippen molar-refractivity contribution >= 4 is 44.6 Å². The van der Waals surface area contributed by atoms with Crippen LogP contribution in [0, 0.1) is 0 Å². The summed E-state index contributed by atoms with van der Waals surface area (Å²) in [6.07, 6.45) is 0.872. The van der Waals surface area contributed by atoms with E-state index in [0.717, 1.165) is 21.5 Å². The Hall–Kier alpha value is -0.280. The first-order valence-electron chi connectivity index (χ1n) is 4.27. The van der Waals surface area contributed by atoms with Gasteiger partial charge in [0.25, 0.3) is 0 Å². The van der Waals surface area contributed by atoms with Gasteiger partial charge in [0.15, 0.2) is 0 Å². The fourth-order valence-electron chi connectivity index (χ4n) is 1.46. The molecule has 0 aliphatic carbocycles. The lowest BCUT2D eigenvalue weighted by Crippen LogP contribution is -2.01. The predicted octanol–water partition coefficient (Wildman–Crippen LogP) is 3.71. The third-order valence-electron chi connectivity index (χ3n) is 2.09. The standard InChI is InChI=1S/C10H9Cl2NS/c11-7-3-8-6(1-2-13)5-14-10(8)9(12)4-7/h3-5H,1-2,13H2. The highest BCUT2D eigenvalue weighted by Gasteiger charge is 2.07. The average Bonchev–Trinajstić information content (AvgIpc) is 2.49. The number of benzene rings is 1. The van der Waals surface area contributed by atoms with Gasteiger partial charge < -0.3 is 5.73 Å². The molecule has 74 valence electrons. The van der Waals surface area contributed by atoms with Crippen LogP contribution in [-0.4, -0.2) is 6.54 Å². The molecule has 2 N–H and O–H groups in total. The predicted molar refractivity (Wildman–Crippen MR) is 64.6 cm³/mol. The topological polar surface area (TPSA) is 26.0 Å². The Morgan fingerprint density at radius 3 is 2.79 bits per heavy atom. The Kier molecular flexibility index (Phi) is 2.98. The molecule has 1 aromatic heterocycles. The SMILES string of the molecule is NCCc1csc2c(Cl)cc(Cl)cc12. The van der Waals surface area contributed by atoms with Gasteiger partial charge in [-0.25, -0.2) is 0 Å². The maximum absolute atomic E-state index is 6.07. The van der Waals surface area contributed by atoms with E-state index in [4.69, 9.17) is 28.9 Å². The molecule has 2 rings (SSSR count). The van der Waals surface area contributed by atoms with E-state index in [1.807, 2.05) is 6.07 Å². The molecule has 0 amide bonds. The third-order valence-corrected chi connectivity index (χ3v) is 3.79. The van der Waals surface area contributed by atoms with Crippen molar-refractivity contribution in [2.24, 2.45) is 5.73 Å². The lowest BCUT2D eigenvalue weighted by molar-refractivity contribution is 0.981. The van der Waals surface area contributed by atoms with E-state index in [-0.39, 0.29) is 0 Å². The Morgan fingerprint density at radius 1 is 1.29 bits per heavy atom. The normalized spacial score (nSPS) is 11.1. The minimum absolute atomic E-state index is 0.649. The summed E-state index contributed by atoms with van der Waals surface area (Å²) in [6, 6.07) is 3.72. The van der Waals surface area contributed by atoms with Crippen molar-refractivity contribution in [1.29, 1.82) is 0 Å². The fourth-order valence-corrected chi connectivity index (χ4v) is 3.08. The fraction of sp³-hybridized carbons (Fsp3) is 0.200. The summed E-state index contributed by atoms with van der Waals surface area (Å²) in [6.45, 7) is 0.649. The Morgan fingerprint density at radius 2 is 2.07 bits per heavy atom. The highest BCUT2D eigenvalue weighted by molar-refractivity contribution is 7.18. The van der Waals surface area contributed by atoms with Crippen molar-refractivity contribution < 1.29 is 0 Å². The molecule has 1 heterocycles. The second-order valence-corrected chi connectivity index (χ2v) is 4.79. The van der Waals surface area contributed by atoms with Gasteiger partial charge in [-0.05, 0) is 41.4 Å². The lowest BCUT2D eigenvalue weighted by Gasteiger charge is -1.98. The van der Waals surface area contributed by atoms with Crippen LogP contribution in [0.5, 0.6) is 0 Å². The number of thiophene rings is 1. The first-order valence-corrected chi connectivity index (χ1v) is 5.91. The minimum Gasteiger partial charge on any atom is -0.330 e. The van der Waals surface area contributed by atoms with Crippen molar-refractivity contribution in [3.8, 4) is 0 Å². The van der Waals surface area contributed by atoms with E-state index in [9.17, 15) is 0 Å². The maximum atomic E-state index is 6.07. The number of nitrogens with two attached hydrogens (primary N) is 1. The summed E-state index contributed by atoms with van der Waals surface area (Å²) < 4.78 is 1.10. The first-order chi connectivity index (χ1) is 6.72. The van der Waals surface area contributed by atoms with Crippen LogP contribution in [0.15, 0.2) is 17.5 Å². The molecule has 1 aromatic carbocycles. The minimum atomic E-state index is 0.649. The van der Waals surface area contributed by atoms with Crippen LogP contribution >= 0.6 is 34.5 Å². The molecule has 0 radical (unpaired) electrons. The lowest BCUT2D eigenvalue weighted by atomic mass is 10.1. The highest BCUT2D eigenvalue weighted by atomic mass is 35.5. The molecule has 14 heavy (non-hydrogen) atoms. The quantitative estimate of drug-likeness (QED) is 0.858. The molecule has 0 aliphatic heterocycles. The van der Waals surface area contributed by atoms with E-state index in [2.05, 4.69) is 5.38 Å². The molecule has 0 spiro atoms. The number of rotatable bonds is 2. The van der Waals surface area contributed by atoms with Crippen molar-refractivity contribution in [2.75, 3.05) is 6.54 Å². The van der Waals surface area contributed by atoms with Crippen molar-refractivity contribution in [1.82, 2.24) is 0 Å². The van der Waals surface area contributed by atoms with Gasteiger partial charge in [-0.3, -0.25) is 0 Å². The van der Waals surface area contributed by atoms with Crippen LogP contribution in [-0.2, 0) is 6.42 Å². The second kappa shape index (κ2) is 4.07. The summed E-state index contributed by atoms with van der Waals surface area (Å²) in [5.74, 6) is 0. The van der Waals surface area contributed by atoms with E-state index in [1.54, 1.807) is 17.4 Å². The molecule has 0 atom stereocenters. The second-order valence-electron chi connectivity index (χ2n) is 3.06. The third kappa shape index (κ3) is 1.75. The van der Waals surface area contributed by atoms with Crippen molar-refractivity contribution in [3.63, 3.8) is 0 Å². The molecule has 1 nitrogen and oxygen atoms in total. The van der Waals surface area contributed by atoms with E-state index >= 15 is 0 Å². The van der Waals surface area contributed by atoms with Gasteiger partial charge in [-0.15, -0.1) is 11.3 Å². The smallest absolute Gasteiger partial charge is 0.0599 e. The number of fused-ring (bicyclic) bond motifs is 1. The first kappa shape index (κ1) is 10.2. The van der Waals surface area contributed by atoms with Crippen LogP contribution in [0.4, 0.5) is 0 Å². The highest BCUT2D eigenvalue weighted by Crippen LogP contribution is 2.34. The maximum Gasteiger partial charge on any atom is 0.0599 e. The largest absolute Gasteiger partial charge is 0.330 e. The van der Waals surface area contributed by atoms with Gasteiger partial charge >= 0.3 is 0 Å². The molecule has 0 fully saturated rings. The van der Waals surface area contributed by atoms with Gasteiger partial charge in [-0.1, -0.05) is 23.2 Å². The number of halogens is 2. The molecule has 0 bridgehead atoms. The molecule has 0 aliphatic rings. The van der Waals surface area contributed by atoms with Gasteiger partial charge in [0.05, 0.1) is 9.72 Å². The average molecular weight is 246 g/mol. The van der Waals surface area contributed by atoms with Crippen LogP contribution in [0.3, 0.4) is 0 Å². The summed E-state index contributed by atoms with van der Waals surface area (Å²) >= 11 is 13.7. The molecule has 0 unspecified atom stereocenters. The molecule has 4 heteroatoms. The van der Waals surface area contributed by atoms with Crippen molar-refractivity contribution in [3.05, 3.63) is 33.1 Å². The zero-order valence-electron chi connectivity index (χ0n) is 7.39. The van der Waals surface area contributed by atoms with Crippen molar-refractivity contribution in [2.45, 2.75) is 6.42 Å². The summed E-state index contributed by atoms with van der Waals surface area (Å²) in [4.78, 5) is 0. The Labute approximate surface area is 96.4 Å². The van der Waals surface area contributed by atoms with Gasteiger partial charge in [0.2, 0.25) is 0 Å². The number of hydrogen-bond acceptors (Lipinski definition) is 2. The van der Waals surface area contributed by atoms with Crippen LogP contribution in [0.2, 0.25) is 10.0 Å². The Balaban J connectivity index is 2.66. The van der Waals surface area contributed by atoms with Gasteiger partial charge in [0.1, 0.15) is 0 Å². The van der Waals surface area contributed by atoms with Crippen LogP contribution in [0.1, 0.15) is 5.56 Å². The van der Waals surface area contributed by atoms with Crippen LogP contribution < -0.4 is 5.73 Å². The van der Waals surface area contributed by atoms with Crippen LogP contribution in [0.25, 0.3) is 10.1 Å². The number of hydrogen-bond donors (Lipinski definition) is 1. The summed E-state index contributed by atoms with van der Waals surface area (Å²) in [7, 11) is 0. The molecule has 0 saturated heterocycles. The molecule has 2 aromatic rings. The van der Waals surface area contributed by atoms with E-state index in [0.29, 0.717) is 11.6 Å². The summed E-state index contributed by atoms with van der Waals surface area (Å²) in [5.41, 5.74) is 6.76. The zero-order chi connectivity index (χ0) is 10.1. The van der Waals surface area contributed by atoms with E-state index < -0.39 is 0 Å². The molecular formula is C10H9Cl2NS. The zero-order valence-corrected chi connectivity index (χ0v) is 9.72. The molecule has 0 saturated carbocycles. The van der Waals surface area contributed by atoms with Gasteiger partial charge in [0, 0.05) is 5.02 Å². The van der Waals surface area contributed by atoms with E-state index in [1.165, 1.54) is 5.56 Å².